The molecule has 1 rings (SSSR count). The van der Waals surface area contributed by atoms with E-state index in [1.807, 2.05) is 33.3 Å². The average molecular weight is 236 g/mol. The van der Waals surface area contributed by atoms with E-state index in [4.69, 9.17) is 10.9 Å². The van der Waals surface area contributed by atoms with E-state index in [1.165, 1.54) is 5.56 Å². The Labute approximate surface area is 102 Å². The van der Waals surface area contributed by atoms with Crippen LogP contribution in [0.3, 0.4) is 0 Å². The van der Waals surface area contributed by atoms with E-state index >= 15 is 0 Å². The Balaban J connectivity index is 2.52. The first-order valence-corrected chi connectivity index (χ1v) is 5.59. The number of amidine groups is 1. The molecule has 0 aromatic carbocycles. The summed E-state index contributed by atoms with van der Waals surface area (Å²) in [5, 5.41) is 11.6. The fourth-order valence-corrected chi connectivity index (χ4v) is 1.74. The van der Waals surface area contributed by atoms with E-state index in [0.717, 1.165) is 18.7 Å². The second kappa shape index (κ2) is 6.20. The number of aromatic nitrogens is 1. The van der Waals surface area contributed by atoms with E-state index in [1.54, 1.807) is 0 Å². The lowest BCUT2D eigenvalue weighted by Gasteiger charge is -2.20. The van der Waals surface area contributed by atoms with Gasteiger partial charge in [-0.3, -0.25) is 4.98 Å². The van der Waals surface area contributed by atoms with Gasteiger partial charge in [0, 0.05) is 31.4 Å². The zero-order chi connectivity index (χ0) is 12.8. The van der Waals surface area contributed by atoms with Gasteiger partial charge in [0.2, 0.25) is 0 Å². The third-order valence-electron chi connectivity index (χ3n) is 2.59. The Bertz CT molecular complexity index is 392. The quantitative estimate of drug-likeness (QED) is 0.349. The molecule has 0 spiro atoms. The van der Waals surface area contributed by atoms with Gasteiger partial charge in [0.05, 0.1) is 0 Å². The minimum atomic E-state index is 0.0303. The number of aryl methyl sites for hydroxylation is 1. The molecule has 0 fully saturated rings. The topological polar surface area (TPSA) is 74.7 Å². The van der Waals surface area contributed by atoms with Gasteiger partial charge in [-0.15, -0.1) is 0 Å². The number of hydrogen-bond donors (Lipinski definition) is 2. The third kappa shape index (κ3) is 4.40. The van der Waals surface area contributed by atoms with Crippen LogP contribution in [0.15, 0.2) is 23.6 Å². The van der Waals surface area contributed by atoms with Gasteiger partial charge in [0.15, 0.2) is 0 Å². The minimum absolute atomic E-state index is 0.0303. The fraction of sp³-hybridized carbons (Fsp3) is 0.500. The van der Waals surface area contributed by atoms with Gasteiger partial charge < -0.3 is 15.8 Å². The predicted molar refractivity (Wildman–Crippen MR) is 67.9 cm³/mol. The maximum Gasteiger partial charge on any atom is 0.143 e. The number of nitrogens with zero attached hydrogens (tertiary/aromatic N) is 3. The largest absolute Gasteiger partial charge is 0.409 e. The number of hydrogen-bond acceptors (Lipinski definition) is 4. The smallest absolute Gasteiger partial charge is 0.143 e. The van der Waals surface area contributed by atoms with Crippen molar-refractivity contribution >= 4 is 5.84 Å². The standard InChI is InChI=1S/C12H20N4O/c1-9-4-11(6-14-5-9)8-16(3)7-10(2)12(13)15-17/h4-6,10,17H,7-8H2,1-3H3,(H2,13,15). The zero-order valence-corrected chi connectivity index (χ0v) is 10.6. The van der Waals surface area contributed by atoms with Crippen molar-refractivity contribution in [2.45, 2.75) is 20.4 Å². The van der Waals surface area contributed by atoms with Crippen LogP contribution in [0.2, 0.25) is 0 Å². The van der Waals surface area contributed by atoms with Gasteiger partial charge in [-0.2, -0.15) is 0 Å². The second-order valence-electron chi connectivity index (χ2n) is 4.49. The number of nitrogens with two attached hydrogens (primary N) is 1. The monoisotopic (exact) mass is 236 g/mol. The van der Waals surface area contributed by atoms with Gasteiger partial charge in [0.1, 0.15) is 5.84 Å². The summed E-state index contributed by atoms with van der Waals surface area (Å²) in [5.74, 6) is 0.294. The summed E-state index contributed by atoms with van der Waals surface area (Å²) in [5.41, 5.74) is 7.86. The molecular weight excluding hydrogens is 216 g/mol. The molecule has 5 heteroatoms. The molecule has 1 heterocycles. The van der Waals surface area contributed by atoms with Crippen LogP contribution in [-0.4, -0.2) is 34.5 Å². The van der Waals surface area contributed by atoms with Crippen LogP contribution in [0.25, 0.3) is 0 Å². The molecule has 1 aromatic heterocycles. The Kier molecular flexibility index (Phi) is 4.90. The van der Waals surface area contributed by atoms with E-state index in [9.17, 15) is 0 Å². The van der Waals surface area contributed by atoms with Crippen LogP contribution >= 0.6 is 0 Å². The normalized spacial score (nSPS) is 14.0. The minimum Gasteiger partial charge on any atom is -0.409 e. The van der Waals surface area contributed by atoms with Gasteiger partial charge in [-0.05, 0) is 25.1 Å². The summed E-state index contributed by atoms with van der Waals surface area (Å²) in [6.45, 7) is 5.50. The highest BCUT2D eigenvalue weighted by Gasteiger charge is 2.11. The first-order chi connectivity index (χ1) is 8.02. The summed E-state index contributed by atoms with van der Waals surface area (Å²) >= 11 is 0. The number of oxime groups is 1. The summed E-state index contributed by atoms with van der Waals surface area (Å²) in [6, 6.07) is 2.11. The molecule has 0 aliphatic heterocycles. The Morgan fingerprint density at radius 2 is 2.29 bits per heavy atom. The molecule has 0 saturated carbocycles. The van der Waals surface area contributed by atoms with E-state index in [-0.39, 0.29) is 11.8 Å². The van der Waals surface area contributed by atoms with Crippen molar-refractivity contribution in [1.29, 1.82) is 0 Å². The van der Waals surface area contributed by atoms with Crippen molar-refractivity contribution in [3.05, 3.63) is 29.6 Å². The van der Waals surface area contributed by atoms with Crippen molar-refractivity contribution in [3.8, 4) is 0 Å². The van der Waals surface area contributed by atoms with Crippen LogP contribution in [0.4, 0.5) is 0 Å². The van der Waals surface area contributed by atoms with Gasteiger partial charge in [-0.1, -0.05) is 18.1 Å². The molecule has 5 nitrogen and oxygen atoms in total. The lowest BCUT2D eigenvalue weighted by Crippen LogP contribution is -2.32. The van der Waals surface area contributed by atoms with Crippen molar-refractivity contribution in [2.24, 2.45) is 16.8 Å². The molecule has 3 N–H and O–H groups in total. The molecular formula is C12H20N4O. The van der Waals surface area contributed by atoms with Gasteiger partial charge in [0.25, 0.3) is 0 Å². The SMILES string of the molecule is Cc1cncc(CN(C)CC(C)/C(N)=N/O)c1. The molecule has 1 atom stereocenters. The number of pyridine rings is 1. The molecule has 0 bridgehead atoms. The summed E-state index contributed by atoms with van der Waals surface area (Å²) in [7, 11) is 2.00. The van der Waals surface area contributed by atoms with Crippen LogP contribution in [0, 0.1) is 12.8 Å². The number of rotatable bonds is 5. The lowest BCUT2D eigenvalue weighted by atomic mass is 10.1. The first-order valence-electron chi connectivity index (χ1n) is 5.59. The third-order valence-corrected chi connectivity index (χ3v) is 2.59. The second-order valence-corrected chi connectivity index (χ2v) is 4.49. The summed E-state index contributed by atoms with van der Waals surface area (Å²) in [4.78, 5) is 6.28. The van der Waals surface area contributed by atoms with Crippen LogP contribution < -0.4 is 5.73 Å². The first kappa shape index (κ1) is 13.4. The van der Waals surface area contributed by atoms with Crippen molar-refractivity contribution in [2.75, 3.05) is 13.6 Å². The van der Waals surface area contributed by atoms with Crippen molar-refractivity contribution < 1.29 is 5.21 Å². The highest BCUT2D eigenvalue weighted by Crippen LogP contribution is 2.06. The molecule has 17 heavy (non-hydrogen) atoms. The summed E-state index contributed by atoms with van der Waals surface area (Å²) < 4.78 is 0. The Morgan fingerprint density at radius 1 is 1.59 bits per heavy atom. The molecule has 0 aliphatic rings. The highest BCUT2D eigenvalue weighted by molar-refractivity contribution is 5.82. The average Bonchev–Trinajstić information content (AvgIpc) is 2.27. The van der Waals surface area contributed by atoms with Crippen LogP contribution in [-0.2, 0) is 6.54 Å². The molecule has 0 radical (unpaired) electrons. The van der Waals surface area contributed by atoms with Crippen LogP contribution in [0.5, 0.6) is 0 Å². The van der Waals surface area contributed by atoms with E-state index in [0.29, 0.717) is 0 Å². The van der Waals surface area contributed by atoms with Gasteiger partial charge >= 0.3 is 0 Å². The van der Waals surface area contributed by atoms with E-state index < -0.39 is 0 Å². The molecule has 0 aliphatic carbocycles. The Morgan fingerprint density at radius 3 is 2.88 bits per heavy atom. The fourth-order valence-electron chi connectivity index (χ4n) is 1.74. The molecule has 1 unspecified atom stereocenters. The van der Waals surface area contributed by atoms with Crippen LogP contribution in [0.1, 0.15) is 18.1 Å². The lowest BCUT2D eigenvalue weighted by molar-refractivity contribution is 0.290. The van der Waals surface area contributed by atoms with E-state index in [2.05, 4.69) is 21.1 Å². The Hall–Kier alpha value is -1.62. The van der Waals surface area contributed by atoms with Crippen molar-refractivity contribution in [1.82, 2.24) is 9.88 Å². The highest BCUT2D eigenvalue weighted by atomic mass is 16.4. The molecule has 0 amide bonds. The zero-order valence-electron chi connectivity index (χ0n) is 10.6. The maximum atomic E-state index is 8.58. The van der Waals surface area contributed by atoms with Crippen molar-refractivity contribution in [3.63, 3.8) is 0 Å². The predicted octanol–water partition coefficient (Wildman–Crippen LogP) is 1.20. The summed E-state index contributed by atoms with van der Waals surface area (Å²) in [6.07, 6.45) is 3.69. The molecule has 94 valence electrons. The molecule has 0 saturated heterocycles. The molecule has 1 aromatic rings. The maximum absolute atomic E-state index is 8.58. The van der Waals surface area contributed by atoms with Gasteiger partial charge in [-0.25, -0.2) is 0 Å².